The van der Waals surface area contributed by atoms with E-state index in [0.717, 1.165) is 31.1 Å². The van der Waals surface area contributed by atoms with E-state index in [1.165, 1.54) is 11.1 Å². The summed E-state index contributed by atoms with van der Waals surface area (Å²) in [5.74, 6) is 0.193. The maximum absolute atomic E-state index is 12.4. The minimum atomic E-state index is 0.150. The summed E-state index contributed by atoms with van der Waals surface area (Å²) >= 11 is 6.20. The van der Waals surface area contributed by atoms with Gasteiger partial charge in [0.15, 0.2) is 0 Å². The summed E-state index contributed by atoms with van der Waals surface area (Å²) in [5, 5.41) is 4.14. The normalized spacial score (nSPS) is 22.4. The summed E-state index contributed by atoms with van der Waals surface area (Å²) in [7, 11) is 0. The highest BCUT2D eigenvalue weighted by Crippen LogP contribution is 2.26. The number of nitrogens with one attached hydrogen (secondary N) is 1. The molecule has 1 aromatic carbocycles. The van der Waals surface area contributed by atoms with E-state index in [0.29, 0.717) is 19.6 Å². The highest BCUT2D eigenvalue weighted by Gasteiger charge is 2.25. The number of halogens is 1. The molecule has 1 aromatic rings. The van der Waals surface area contributed by atoms with Gasteiger partial charge in [0.1, 0.15) is 0 Å². The van der Waals surface area contributed by atoms with Crippen LogP contribution in [0.4, 0.5) is 0 Å². The van der Waals surface area contributed by atoms with Crippen molar-refractivity contribution in [3.8, 4) is 0 Å². The maximum atomic E-state index is 12.4. The van der Waals surface area contributed by atoms with E-state index in [2.05, 4.69) is 11.4 Å². The van der Waals surface area contributed by atoms with E-state index in [-0.39, 0.29) is 11.9 Å². The molecule has 0 aliphatic carbocycles. The Labute approximate surface area is 124 Å². The Hall–Kier alpha value is -1.10. The Kier molecular flexibility index (Phi) is 4.24. The summed E-state index contributed by atoms with van der Waals surface area (Å²) in [5.41, 5.74) is 2.36. The zero-order valence-corrected chi connectivity index (χ0v) is 12.2. The van der Waals surface area contributed by atoms with Crippen LogP contribution in [0.1, 0.15) is 17.5 Å². The van der Waals surface area contributed by atoms with Crippen molar-refractivity contribution in [2.45, 2.75) is 25.4 Å². The predicted octanol–water partition coefficient (Wildman–Crippen LogP) is 1.60. The quantitative estimate of drug-likeness (QED) is 0.901. The lowest BCUT2D eigenvalue weighted by atomic mass is 9.99. The predicted molar refractivity (Wildman–Crippen MR) is 77.8 cm³/mol. The van der Waals surface area contributed by atoms with Crippen LogP contribution in [0.3, 0.4) is 0 Å². The molecule has 3 rings (SSSR count). The van der Waals surface area contributed by atoms with Crippen LogP contribution in [0.5, 0.6) is 0 Å². The lowest BCUT2D eigenvalue weighted by Crippen LogP contribution is -2.46. The maximum Gasteiger partial charge on any atom is 0.224 e. The molecule has 0 aromatic heterocycles. The fourth-order valence-corrected chi connectivity index (χ4v) is 3.16. The van der Waals surface area contributed by atoms with Gasteiger partial charge < -0.3 is 15.0 Å². The third-order valence-electron chi connectivity index (χ3n) is 3.98. The van der Waals surface area contributed by atoms with Gasteiger partial charge in [0.2, 0.25) is 5.91 Å². The van der Waals surface area contributed by atoms with E-state index < -0.39 is 0 Å². The Balaban J connectivity index is 1.63. The van der Waals surface area contributed by atoms with Gasteiger partial charge in [-0.1, -0.05) is 23.7 Å². The molecule has 1 amide bonds. The van der Waals surface area contributed by atoms with Crippen molar-refractivity contribution in [1.29, 1.82) is 0 Å². The average molecular weight is 295 g/mol. The van der Waals surface area contributed by atoms with Gasteiger partial charge >= 0.3 is 0 Å². The van der Waals surface area contributed by atoms with Gasteiger partial charge in [-0.15, -0.1) is 0 Å². The summed E-state index contributed by atoms with van der Waals surface area (Å²) in [4.78, 5) is 14.3. The largest absolute Gasteiger partial charge is 0.378 e. The number of rotatable bonds is 2. The smallest absolute Gasteiger partial charge is 0.224 e. The van der Waals surface area contributed by atoms with E-state index in [9.17, 15) is 4.79 Å². The molecule has 0 saturated carbocycles. The number of morpholine rings is 1. The number of ether oxygens (including phenoxy) is 1. The second-order valence-corrected chi connectivity index (χ2v) is 5.78. The Bertz CT molecular complexity index is 501. The standard InChI is InChI=1S/C15H19ClN2O2/c16-14-3-1-2-11-9-18(6-4-13(11)14)15(19)8-12-10-20-7-5-17-12/h1-3,12,17H,4-10H2. The molecule has 4 nitrogen and oxygen atoms in total. The van der Waals surface area contributed by atoms with Crippen molar-refractivity contribution in [1.82, 2.24) is 10.2 Å². The van der Waals surface area contributed by atoms with Crippen LogP contribution < -0.4 is 5.32 Å². The molecule has 0 spiro atoms. The first-order valence-corrected chi connectivity index (χ1v) is 7.47. The molecule has 1 N–H and O–H groups in total. The summed E-state index contributed by atoms with van der Waals surface area (Å²) in [6.45, 7) is 3.62. The SMILES string of the molecule is O=C(CC1COCCN1)N1CCc2c(Cl)cccc2C1. The number of hydrogen-bond donors (Lipinski definition) is 1. The van der Waals surface area contributed by atoms with Crippen LogP contribution >= 0.6 is 11.6 Å². The van der Waals surface area contributed by atoms with Crippen LogP contribution in [0.25, 0.3) is 0 Å². The zero-order chi connectivity index (χ0) is 13.9. The second kappa shape index (κ2) is 6.12. The van der Waals surface area contributed by atoms with Gasteiger partial charge in [0, 0.05) is 37.1 Å². The van der Waals surface area contributed by atoms with Crippen LogP contribution in [0.2, 0.25) is 5.02 Å². The molecule has 108 valence electrons. The first kappa shape index (κ1) is 13.9. The number of benzene rings is 1. The third-order valence-corrected chi connectivity index (χ3v) is 4.34. The molecule has 1 atom stereocenters. The molecule has 20 heavy (non-hydrogen) atoms. The average Bonchev–Trinajstić information content (AvgIpc) is 2.48. The molecule has 2 heterocycles. The number of amides is 1. The Morgan fingerprint density at radius 2 is 2.40 bits per heavy atom. The summed E-state index contributed by atoms with van der Waals surface area (Å²) in [6, 6.07) is 6.08. The lowest BCUT2D eigenvalue weighted by Gasteiger charge is -2.31. The molecular formula is C15H19ClN2O2. The van der Waals surface area contributed by atoms with Crippen molar-refractivity contribution < 1.29 is 9.53 Å². The molecule has 1 unspecified atom stereocenters. The molecular weight excluding hydrogens is 276 g/mol. The number of carbonyl (C=O) groups excluding carboxylic acids is 1. The fraction of sp³-hybridized carbons (Fsp3) is 0.533. The summed E-state index contributed by atoms with van der Waals surface area (Å²) in [6.07, 6.45) is 1.35. The highest BCUT2D eigenvalue weighted by atomic mass is 35.5. The van der Waals surface area contributed by atoms with Crippen molar-refractivity contribution in [3.05, 3.63) is 34.3 Å². The fourth-order valence-electron chi connectivity index (χ4n) is 2.87. The second-order valence-electron chi connectivity index (χ2n) is 5.37. The van der Waals surface area contributed by atoms with Gasteiger partial charge in [0.25, 0.3) is 0 Å². The van der Waals surface area contributed by atoms with Crippen LogP contribution in [0.15, 0.2) is 18.2 Å². The number of carbonyl (C=O) groups is 1. The number of nitrogens with zero attached hydrogens (tertiary/aromatic N) is 1. The topological polar surface area (TPSA) is 41.6 Å². The number of hydrogen-bond acceptors (Lipinski definition) is 3. The van der Waals surface area contributed by atoms with Crippen molar-refractivity contribution in [2.24, 2.45) is 0 Å². The molecule has 0 radical (unpaired) electrons. The molecule has 0 bridgehead atoms. The van der Waals surface area contributed by atoms with E-state index in [4.69, 9.17) is 16.3 Å². The van der Waals surface area contributed by atoms with Gasteiger partial charge in [-0.3, -0.25) is 4.79 Å². The molecule has 1 fully saturated rings. The van der Waals surface area contributed by atoms with Crippen molar-refractivity contribution in [2.75, 3.05) is 26.3 Å². The van der Waals surface area contributed by atoms with Gasteiger partial charge in [-0.2, -0.15) is 0 Å². The first-order valence-electron chi connectivity index (χ1n) is 7.09. The zero-order valence-electron chi connectivity index (χ0n) is 11.4. The minimum absolute atomic E-state index is 0.150. The van der Waals surface area contributed by atoms with Gasteiger partial charge in [-0.25, -0.2) is 0 Å². The molecule has 2 aliphatic heterocycles. The summed E-state index contributed by atoms with van der Waals surface area (Å²) < 4.78 is 5.39. The lowest BCUT2D eigenvalue weighted by molar-refractivity contribution is -0.133. The molecule has 1 saturated heterocycles. The van der Waals surface area contributed by atoms with E-state index >= 15 is 0 Å². The monoisotopic (exact) mass is 294 g/mol. The van der Waals surface area contributed by atoms with Gasteiger partial charge in [0.05, 0.1) is 13.2 Å². The number of fused-ring (bicyclic) bond motifs is 1. The van der Waals surface area contributed by atoms with Crippen molar-refractivity contribution in [3.63, 3.8) is 0 Å². The van der Waals surface area contributed by atoms with Crippen LogP contribution in [-0.4, -0.2) is 43.2 Å². The van der Waals surface area contributed by atoms with E-state index in [1.807, 2.05) is 17.0 Å². The first-order chi connectivity index (χ1) is 9.74. The van der Waals surface area contributed by atoms with Crippen LogP contribution in [0, 0.1) is 0 Å². The van der Waals surface area contributed by atoms with Gasteiger partial charge in [-0.05, 0) is 23.6 Å². The van der Waals surface area contributed by atoms with Crippen molar-refractivity contribution >= 4 is 17.5 Å². The van der Waals surface area contributed by atoms with E-state index in [1.54, 1.807) is 0 Å². The molecule has 2 aliphatic rings. The Morgan fingerprint density at radius 1 is 1.50 bits per heavy atom. The Morgan fingerprint density at radius 3 is 3.20 bits per heavy atom. The molecule has 5 heteroatoms. The van der Waals surface area contributed by atoms with Crippen LogP contribution in [-0.2, 0) is 22.5 Å². The third kappa shape index (κ3) is 2.97. The minimum Gasteiger partial charge on any atom is -0.378 e. The highest BCUT2D eigenvalue weighted by molar-refractivity contribution is 6.31.